The van der Waals surface area contributed by atoms with Crippen molar-refractivity contribution in [3.05, 3.63) is 36.4 Å². The van der Waals surface area contributed by atoms with Crippen LogP contribution in [0.3, 0.4) is 0 Å². The molecule has 1 aliphatic heterocycles. The van der Waals surface area contributed by atoms with E-state index in [1.165, 1.54) is 12.1 Å². The van der Waals surface area contributed by atoms with Crippen molar-refractivity contribution in [1.29, 1.82) is 0 Å². The summed E-state index contributed by atoms with van der Waals surface area (Å²) in [5.41, 5.74) is -0.707. The average Bonchev–Trinajstić information content (AvgIpc) is 2.44. The van der Waals surface area contributed by atoms with Crippen molar-refractivity contribution < 1.29 is 22.8 Å². The van der Waals surface area contributed by atoms with Crippen molar-refractivity contribution in [3.8, 4) is 0 Å². The molecule has 0 saturated heterocycles. The van der Waals surface area contributed by atoms with Gasteiger partial charge in [-0.1, -0.05) is 6.08 Å². The van der Waals surface area contributed by atoms with Gasteiger partial charge in [-0.2, -0.15) is 13.2 Å². The Balaban J connectivity index is 2.12. The van der Waals surface area contributed by atoms with E-state index in [0.717, 1.165) is 23.9 Å². The van der Waals surface area contributed by atoms with Gasteiger partial charge < -0.3 is 10.6 Å². The van der Waals surface area contributed by atoms with E-state index in [9.17, 15) is 22.8 Å². The molecule has 4 nitrogen and oxygen atoms in total. The zero-order chi connectivity index (χ0) is 16.3. The van der Waals surface area contributed by atoms with Crippen LogP contribution >= 0.6 is 11.8 Å². The largest absolute Gasteiger partial charge is 0.416 e. The highest BCUT2D eigenvalue weighted by Crippen LogP contribution is 2.40. The summed E-state index contributed by atoms with van der Waals surface area (Å²) >= 11 is 1.08. The highest BCUT2D eigenvalue weighted by Gasteiger charge is 2.34. The number of benzene rings is 1. The molecule has 22 heavy (non-hydrogen) atoms. The summed E-state index contributed by atoms with van der Waals surface area (Å²) in [7, 11) is 0. The number of fused-ring (bicyclic) bond motifs is 1. The summed E-state index contributed by atoms with van der Waals surface area (Å²) in [6, 6.07) is 3.16. The molecule has 1 aliphatic rings. The monoisotopic (exact) mass is 330 g/mol. The lowest BCUT2D eigenvalue weighted by Gasteiger charge is -2.24. The summed E-state index contributed by atoms with van der Waals surface area (Å²) < 4.78 is 37.9. The Bertz CT molecular complexity index is 617. The van der Waals surface area contributed by atoms with Gasteiger partial charge in [0.05, 0.1) is 16.5 Å². The first kappa shape index (κ1) is 16.4. The number of anilines is 1. The molecule has 0 aliphatic carbocycles. The fourth-order valence-electron chi connectivity index (χ4n) is 1.89. The summed E-state index contributed by atoms with van der Waals surface area (Å²) in [6.45, 7) is 3.76. The maximum Gasteiger partial charge on any atom is 0.416 e. The van der Waals surface area contributed by atoms with Gasteiger partial charge in [0.15, 0.2) is 0 Å². The molecule has 2 amide bonds. The second-order valence-corrected chi connectivity index (χ2v) is 5.85. The normalized spacial score (nSPS) is 17.4. The van der Waals surface area contributed by atoms with Crippen molar-refractivity contribution in [2.75, 3.05) is 11.9 Å². The summed E-state index contributed by atoms with van der Waals surface area (Å²) in [6.07, 6.45) is -3.00. The van der Waals surface area contributed by atoms with Crippen LogP contribution in [0.4, 0.5) is 18.9 Å². The minimum atomic E-state index is -4.47. The Hall–Kier alpha value is -1.96. The molecule has 0 fully saturated rings. The minimum Gasteiger partial charge on any atom is -0.353 e. The first-order valence-electron chi connectivity index (χ1n) is 6.37. The molecular weight excluding hydrogens is 317 g/mol. The van der Waals surface area contributed by atoms with Crippen LogP contribution in [0.2, 0.25) is 0 Å². The van der Waals surface area contributed by atoms with E-state index in [4.69, 9.17) is 0 Å². The fourth-order valence-corrected chi connectivity index (χ4v) is 2.98. The fraction of sp³-hybridized carbons (Fsp3) is 0.286. The van der Waals surface area contributed by atoms with Crippen LogP contribution in [0.15, 0.2) is 35.7 Å². The molecule has 0 bridgehead atoms. The molecular formula is C14H13F3N2O2S. The number of carbonyl (C=O) groups excluding carboxylic acids is 2. The molecule has 0 saturated carbocycles. The van der Waals surface area contributed by atoms with Crippen molar-refractivity contribution in [2.24, 2.45) is 0 Å². The maximum absolute atomic E-state index is 12.6. The molecule has 0 spiro atoms. The van der Waals surface area contributed by atoms with Gasteiger partial charge in [-0.15, -0.1) is 18.3 Å². The van der Waals surface area contributed by atoms with Crippen LogP contribution in [0.1, 0.15) is 12.0 Å². The van der Waals surface area contributed by atoms with Gasteiger partial charge in [0.25, 0.3) is 0 Å². The summed E-state index contributed by atoms with van der Waals surface area (Å²) in [5, 5.41) is 4.31. The predicted molar refractivity (Wildman–Crippen MR) is 77.5 cm³/mol. The second-order valence-electron chi connectivity index (χ2n) is 4.60. The van der Waals surface area contributed by atoms with Crippen molar-refractivity contribution in [3.63, 3.8) is 0 Å². The molecule has 2 N–H and O–H groups in total. The highest BCUT2D eigenvalue weighted by molar-refractivity contribution is 8.01. The standard InChI is InChI=1S/C14H13F3N2O2S/c1-2-5-18-12(20)7-11-13(21)19-9-6-8(14(15,16)17)3-4-10(9)22-11/h2-4,6,11H,1,5,7H2,(H,18,20)(H,19,21)/t11-/m0/s1. The van der Waals surface area contributed by atoms with Crippen molar-refractivity contribution in [2.45, 2.75) is 22.7 Å². The molecule has 118 valence electrons. The number of thioether (sulfide) groups is 1. The quantitative estimate of drug-likeness (QED) is 0.835. The number of alkyl halides is 3. The van der Waals surface area contributed by atoms with Crippen LogP contribution in [-0.4, -0.2) is 23.6 Å². The minimum absolute atomic E-state index is 0.0508. The molecule has 0 unspecified atom stereocenters. The van der Waals surface area contributed by atoms with E-state index in [2.05, 4.69) is 17.2 Å². The Morgan fingerprint density at radius 3 is 2.82 bits per heavy atom. The molecule has 0 aromatic heterocycles. The van der Waals surface area contributed by atoms with Crippen LogP contribution in [0.5, 0.6) is 0 Å². The van der Waals surface area contributed by atoms with Crippen LogP contribution < -0.4 is 10.6 Å². The summed E-state index contributed by atoms with van der Waals surface area (Å²) in [4.78, 5) is 24.0. The summed E-state index contributed by atoms with van der Waals surface area (Å²) in [5.74, 6) is -0.798. The molecule has 8 heteroatoms. The number of amides is 2. The first-order valence-corrected chi connectivity index (χ1v) is 7.25. The van der Waals surface area contributed by atoms with Crippen molar-refractivity contribution in [1.82, 2.24) is 5.32 Å². The second kappa shape index (κ2) is 6.43. The molecule has 1 atom stereocenters. The SMILES string of the molecule is C=CCNC(=O)C[C@@H]1Sc2ccc(C(F)(F)F)cc2NC1=O. The smallest absolute Gasteiger partial charge is 0.353 e. The van der Waals surface area contributed by atoms with E-state index >= 15 is 0 Å². The number of hydrogen-bond acceptors (Lipinski definition) is 3. The van der Waals surface area contributed by atoms with E-state index in [1.807, 2.05) is 0 Å². The first-order chi connectivity index (χ1) is 10.3. The Kier molecular flexibility index (Phi) is 4.80. The maximum atomic E-state index is 12.6. The van der Waals surface area contributed by atoms with Gasteiger partial charge in [0.2, 0.25) is 11.8 Å². The Morgan fingerprint density at radius 2 is 2.18 bits per heavy atom. The molecule has 1 aromatic carbocycles. The lowest BCUT2D eigenvalue weighted by molar-refractivity contribution is -0.137. The van der Waals surface area contributed by atoms with E-state index in [0.29, 0.717) is 11.4 Å². The highest BCUT2D eigenvalue weighted by atomic mass is 32.2. The average molecular weight is 330 g/mol. The Labute approximate surface area is 129 Å². The van der Waals surface area contributed by atoms with Gasteiger partial charge in [-0.25, -0.2) is 0 Å². The number of rotatable bonds is 4. The van der Waals surface area contributed by atoms with Gasteiger partial charge in [-0.3, -0.25) is 9.59 Å². The molecule has 1 aromatic rings. The number of hydrogen-bond donors (Lipinski definition) is 2. The van der Waals surface area contributed by atoms with Crippen molar-refractivity contribution >= 4 is 29.3 Å². The lowest BCUT2D eigenvalue weighted by Crippen LogP contribution is -2.35. The van der Waals surface area contributed by atoms with E-state index < -0.39 is 22.9 Å². The third-order valence-corrected chi connectivity index (χ3v) is 4.22. The third kappa shape index (κ3) is 3.82. The zero-order valence-electron chi connectivity index (χ0n) is 11.4. The van der Waals surface area contributed by atoms with Crippen LogP contribution in [-0.2, 0) is 15.8 Å². The molecule has 0 radical (unpaired) electrons. The van der Waals surface area contributed by atoms with Gasteiger partial charge in [-0.05, 0) is 18.2 Å². The number of carbonyl (C=O) groups is 2. The number of nitrogens with one attached hydrogen (secondary N) is 2. The lowest BCUT2D eigenvalue weighted by atomic mass is 10.1. The van der Waals surface area contributed by atoms with Gasteiger partial charge in [0, 0.05) is 17.9 Å². The third-order valence-electron chi connectivity index (χ3n) is 2.94. The van der Waals surface area contributed by atoms with Gasteiger partial charge >= 0.3 is 6.18 Å². The predicted octanol–water partition coefficient (Wildman–Crippen LogP) is 2.81. The van der Waals surface area contributed by atoms with Crippen LogP contribution in [0.25, 0.3) is 0 Å². The van der Waals surface area contributed by atoms with Gasteiger partial charge in [0.1, 0.15) is 0 Å². The Morgan fingerprint density at radius 1 is 1.45 bits per heavy atom. The van der Waals surface area contributed by atoms with Crippen LogP contribution in [0, 0.1) is 0 Å². The zero-order valence-corrected chi connectivity index (χ0v) is 12.2. The topological polar surface area (TPSA) is 58.2 Å². The number of halogens is 3. The van der Waals surface area contributed by atoms with E-state index in [1.54, 1.807) is 0 Å². The molecule has 1 heterocycles. The molecule has 2 rings (SSSR count). The van der Waals surface area contributed by atoms with E-state index in [-0.39, 0.29) is 18.0 Å².